The Bertz CT molecular complexity index is 557. The van der Waals surface area contributed by atoms with E-state index < -0.39 is 6.10 Å². The monoisotopic (exact) mass is 333 g/mol. The second-order valence-corrected chi connectivity index (χ2v) is 6.41. The van der Waals surface area contributed by atoms with E-state index in [1.807, 2.05) is 31.2 Å². The van der Waals surface area contributed by atoms with E-state index in [2.05, 4.69) is 10.6 Å². The molecule has 1 aromatic carbocycles. The summed E-state index contributed by atoms with van der Waals surface area (Å²) < 4.78 is 0. The van der Waals surface area contributed by atoms with Crippen LogP contribution in [-0.2, 0) is 11.3 Å². The molecule has 24 heavy (non-hydrogen) atoms. The molecular formula is C18H27N3O3. The highest BCUT2D eigenvalue weighted by Crippen LogP contribution is 2.19. The van der Waals surface area contributed by atoms with Gasteiger partial charge in [-0.1, -0.05) is 29.8 Å². The summed E-state index contributed by atoms with van der Waals surface area (Å²) in [6.07, 6.45) is 2.21. The fourth-order valence-electron chi connectivity index (χ4n) is 2.98. The normalized spacial score (nSPS) is 18.8. The first-order valence-electron chi connectivity index (χ1n) is 8.52. The molecule has 132 valence electrons. The van der Waals surface area contributed by atoms with Crippen molar-refractivity contribution in [2.75, 3.05) is 13.1 Å². The van der Waals surface area contributed by atoms with Crippen LogP contribution in [-0.4, -0.2) is 47.2 Å². The van der Waals surface area contributed by atoms with Crippen LogP contribution < -0.4 is 10.6 Å². The highest BCUT2D eigenvalue weighted by Gasteiger charge is 2.29. The van der Waals surface area contributed by atoms with Gasteiger partial charge >= 0.3 is 6.03 Å². The quantitative estimate of drug-likeness (QED) is 0.765. The number of piperidine rings is 1. The molecule has 1 fully saturated rings. The van der Waals surface area contributed by atoms with E-state index in [4.69, 9.17) is 0 Å². The number of carbonyl (C=O) groups excluding carboxylic acids is 2. The summed E-state index contributed by atoms with van der Waals surface area (Å²) in [5.41, 5.74) is 2.18. The molecule has 0 bridgehead atoms. The molecule has 1 saturated heterocycles. The van der Waals surface area contributed by atoms with Crippen molar-refractivity contribution in [1.82, 2.24) is 15.5 Å². The summed E-state index contributed by atoms with van der Waals surface area (Å²) in [7, 11) is 0. The molecule has 0 aliphatic carbocycles. The first-order chi connectivity index (χ1) is 11.5. The topological polar surface area (TPSA) is 81.7 Å². The fraction of sp³-hybridized carbons (Fsp3) is 0.556. The summed E-state index contributed by atoms with van der Waals surface area (Å²) >= 11 is 0. The largest absolute Gasteiger partial charge is 0.391 e. The Labute approximate surface area is 143 Å². The minimum absolute atomic E-state index is 0.0526. The highest BCUT2D eigenvalue weighted by atomic mass is 16.3. The smallest absolute Gasteiger partial charge is 0.315 e. The van der Waals surface area contributed by atoms with Crippen LogP contribution in [0.25, 0.3) is 0 Å². The van der Waals surface area contributed by atoms with Gasteiger partial charge < -0.3 is 20.6 Å². The summed E-state index contributed by atoms with van der Waals surface area (Å²) in [6, 6.07) is 7.39. The van der Waals surface area contributed by atoms with Crippen molar-refractivity contribution >= 4 is 11.9 Å². The zero-order chi connectivity index (χ0) is 17.5. The second-order valence-electron chi connectivity index (χ2n) is 6.41. The number of aryl methyl sites for hydroxylation is 1. The van der Waals surface area contributed by atoms with Gasteiger partial charge in [-0.3, -0.25) is 4.79 Å². The highest BCUT2D eigenvalue weighted by molar-refractivity contribution is 5.84. The van der Waals surface area contributed by atoms with Gasteiger partial charge in [-0.2, -0.15) is 0 Å². The van der Waals surface area contributed by atoms with Crippen molar-refractivity contribution in [2.45, 2.75) is 51.8 Å². The molecular weight excluding hydrogens is 306 g/mol. The number of nitrogens with zero attached hydrogens (tertiary/aromatic N) is 1. The third kappa shape index (κ3) is 5.23. The summed E-state index contributed by atoms with van der Waals surface area (Å²) in [4.78, 5) is 25.8. The van der Waals surface area contributed by atoms with Crippen LogP contribution in [0.15, 0.2) is 24.3 Å². The Morgan fingerprint density at radius 1 is 1.25 bits per heavy atom. The number of urea groups is 1. The minimum atomic E-state index is -0.551. The number of benzene rings is 1. The van der Waals surface area contributed by atoms with Crippen molar-refractivity contribution < 1.29 is 14.7 Å². The molecule has 0 saturated carbocycles. The van der Waals surface area contributed by atoms with E-state index in [1.165, 1.54) is 5.56 Å². The second kappa shape index (κ2) is 8.68. The van der Waals surface area contributed by atoms with Crippen molar-refractivity contribution in [3.63, 3.8) is 0 Å². The molecule has 2 unspecified atom stereocenters. The van der Waals surface area contributed by atoms with E-state index in [1.54, 1.807) is 11.8 Å². The van der Waals surface area contributed by atoms with Crippen molar-refractivity contribution in [3.8, 4) is 0 Å². The molecule has 3 amide bonds. The summed E-state index contributed by atoms with van der Waals surface area (Å²) in [6.45, 7) is 4.72. The van der Waals surface area contributed by atoms with Gasteiger partial charge in [-0.15, -0.1) is 0 Å². The Morgan fingerprint density at radius 2 is 1.96 bits per heavy atom. The van der Waals surface area contributed by atoms with Crippen LogP contribution in [0.4, 0.5) is 4.79 Å². The number of nitrogens with one attached hydrogen (secondary N) is 2. The number of likely N-dealkylation sites (tertiary alicyclic amines) is 1. The lowest BCUT2D eigenvalue weighted by atomic mass is 9.98. The zero-order valence-electron chi connectivity index (χ0n) is 14.4. The molecule has 6 nitrogen and oxygen atoms in total. The Morgan fingerprint density at radius 3 is 2.62 bits per heavy atom. The molecule has 2 rings (SSSR count). The number of aliphatic hydroxyl groups is 1. The molecule has 1 aliphatic heterocycles. The average Bonchev–Trinajstić information content (AvgIpc) is 2.59. The molecule has 0 radical (unpaired) electrons. The van der Waals surface area contributed by atoms with Crippen LogP contribution in [0, 0.1) is 6.92 Å². The third-order valence-corrected chi connectivity index (χ3v) is 4.40. The van der Waals surface area contributed by atoms with Gasteiger partial charge in [0.2, 0.25) is 5.91 Å². The number of rotatable bonds is 5. The lowest BCUT2D eigenvalue weighted by Gasteiger charge is -2.37. The SMILES string of the molecule is Cc1ccc(CNC(=O)NCC(=O)N2CCCCC2C(C)O)cc1. The van der Waals surface area contributed by atoms with Crippen LogP contribution >= 0.6 is 0 Å². The van der Waals surface area contributed by atoms with Crippen molar-refractivity contribution in [3.05, 3.63) is 35.4 Å². The number of hydrogen-bond acceptors (Lipinski definition) is 3. The van der Waals surface area contributed by atoms with E-state index in [0.29, 0.717) is 13.1 Å². The van der Waals surface area contributed by atoms with E-state index in [9.17, 15) is 14.7 Å². The van der Waals surface area contributed by atoms with Crippen LogP contribution in [0.1, 0.15) is 37.3 Å². The Hall–Kier alpha value is -2.08. The number of hydrogen-bond donors (Lipinski definition) is 3. The Kier molecular flexibility index (Phi) is 6.61. The van der Waals surface area contributed by atoms with Crippen LogP contribution in [0.5, 0.6) is 0 Å². The minimum Gasteiger partial charge on any atom is -0.391 e. The van der Waals surface area contributed by atoms with Crippen molar-refractivity contribution in [2.24, 2.45) is 0 Å². The fourth-order valence-corrected chi connectivity index (χ4v) is 2.98. The van der Waals surface area contributed by atoms with Crippen LogP contribution in [0.3, 0.4) is 0 Å². The number of amides is 3. The predicted molar refractivity (Wildman–Crippen MR) is 92.5 cm³/mol. The molecule has 0 aromatic heterocycles. The maximum Gasteiger partial charge on any atom is 0.315 e. The number of carbonyl (C=O) groups is 2. The first-order valence-corrected chi connectivity index (χ1v) is 8.52. The van der Waals surface area contributed by atoms with Crippen LogP contribution in [0.2, 0.25) is 0 Å². The van der Waals surface area contributed by atoms with Gasteiger partial charge in [0.1, 0.15) is 0 Å². The average molecular weight is 333 g/mol. The molecule has 6 heteroatoms. The maximum atomic E-state index is 12.3. The third-order valence-electron chi connectivity index (χ3n) is 4.40. The molecule has 3 N–H and O–H groups in total. The van der Waals surface area contributed by atoms with Gasteiger partial charge in [0.05, 0.1) is 18.7 Å². The van der Waals surface area contributed by atoms with Gasteiger partial charge in [0, 0.05) is 13.1 Å². The van der Waals surface area contributed by atoms with Gasteiger partial charge in [-0.05, 0) is 38.7 Å². The van der Waals surface area contributed by atoms with E-state index in [-0.39, 0.29) is 24.5 Å². The van der Waals surface area contributed by atoms with Gasteiger partial charge in [0.25, 0.3) is 0 Å². The molecule has 2 atom stereocenters. The summed E-state index contributed by atoms with van der Waals surface area (Å²) in [5.74, 6) is -0.147. The Balaban J connectivity index is 1.76. The molecule has 1 heterocycles. The number of aliphatic hydroxyl groups excluding tert-OH is 1. The van der Waals surface area contributed by atoms with Crippen molar-refractivity contribution in [1.29, 1.82) is 0 Å². The lowest BCUT2D eigenvalue weighted by Crippen LogP contribution is -2.52. The van der Waals surface area contributed by atoms with Gasteiger partial charge in [0.15, 0.2) is 0 Å². The van der Waals surface area contributed by atoms with E-state index >= 15 is 0 Å². The van der Waals surface area contributed by atoms with Gasteiger partial charge in [-0.25, -0.2) is 4.79 Å². The predicted octanol–water partition coefficient (Wildman–Crippen LogP) is 1.56. The van der Waals surface area contributed by atoms with E-state index in [0.717, 1.165) is 24.8 Å². The molecule has 1 aromatic rings. The molecule has 0 spiro atoms. The molecule has 1 aliphatic rings. The summed E-state index contributed by atoms with van der Waals surface area (Å²) in [5, 5.41) is 15.1. The first kappa shape index (κ1) is 18.3. The lowest BCUT2D eigenvalue weighted by molar-refractivity contribution is -0.136. The standard InChI is InChI=1S/C18H27N3O3/c1-13-6-8-15(9-7-13)11-19-18(24)20-12-17(23)21-10-4-3-5-16(21)14(2)22/h6-9,14,16,22H,3-5,10-12H2,1-2H3,(H2,19,20,24). The maximum absolute atomic E-state index is 12.3. The zero-order valence-corrected chi connectivity index (χ0v) is 14.4.